The maximum absolute atomic E-state index is 12.0. The minimum atomic E-state index is -0.272. The molecule has 0 atom stereocenters. The number of hydrogen-bond donors (Lipinski definition) is 0. The van der Waals surface area contributed by atoms with E-state index in [9.17, 15) is 4.79 Å². The largest absolute Gasteiger partial charge is 0.460 e. The van der Waals surface area contributed by atoms with Crippen LogP contribution in [-0.2, 0) is 16.1 Å². The van der Waals surface area contributed by atoms with E-state index < -0.39 is 0 Å². The molecule has 0 spiro atoms. The van der Waals surface area contributed by atoms with Gasteiger partial charge in [-0.15, -0.1) is 10.2 Å². The Labute approximate surface area is 148 Å². The third-order valence-corrected chi connectivity index (χ3v) is 4.71. The molecule has 2 aromatic carbocycles. The molecular formula is C19H15N3O2S. The fraction of sp³-hybridized carbons (Fsp3) is 0.105. The summed E-state index contributed by atoms with van der Waals surface area (Å²) in [6, 6.07) is 21.6. The first-order chi connectivity index (χ1) is 12.3. The van der Waals surface area contributed by atoms with Crippen molar-refractivity contribution < 1.29 is 9.53 Å². The molecule has 2 aromatic heterocycles. The van der Waals surface area contributed by atoms with Crippen molar-refractivity contribution in [1.29, 1.82) is 0 Å². The molecule has 0 aliphatic heterocycles. The number of para-hydroxylation sites is 1. The number of nitrogens with zero attached hydrogens (tertiary/aromatic N) is 3. The van der Waals surface area contributed by atoms with Crippen molar-refractivity contribution >= 4 is 34.3 Å². The molecule has 5 nitrogen and oxygen atoms in total. The van der Waals surface area contributed by atoms with E-state index in [1.54, 1.807) is 0 Å². The van der Waals surface area contributed by atoms with E-state index in [1.165, 1.54) is 11.8 Å². The molecule has 0 radical (unpaired) electrons. The molecule has 25 heavy (non-hydrogen) atoms. The summed E-state index contributed by atoms with van der Waals surface area (Å²) in [7, 11) is 0. The third-order valence-electron chi connectivity index (χ3n) is 3.81. The summed E-state index contributed by atoms with van der Waals surface area (Å²) in [6.07, 6.45) is 0. The standard InChI is InChI=1S/C19H15N3O2S/c23-18(24-12-14-6-2-1-3-7-14)13-25-19-21-20-17-11-10-15-8-4-5-9-16(15)22(17)19/h1-11H,12-13H2. The molecule has 0 saturated carbocycles. The van der Waals surface area contributed by atoms with E-state index in [0.29, 0.717) is 5.16 Å². The third kappa shape index (κ3) is 3.34. The Morgan fingerprint density at radius 1 is 0.960 bits per heavy atom. The maximum atomic E-state index is 12.0. The molecule has 0 N–H and O–H groups in total. The van der Waals surface area contributed by atoms with Crippen LogP contribution >= 0.6 is 11.8 Å². The van der Waals surface area contributed by atoms with E-state index in [1.807, 2.05) is 71.1 Å². The summed E-state index contributed by atoms with van der Waals surface area (Å²) < 4.78 is 7.27. The smallest absolute Gasteiger partial charge is 0.316 e. The van der Waals surface area contributed by atoms with Gasteiger partial charge in [-0.1, -0.05) is 60.3 Å². The van der Waals surface area contributed by atoms with Crippen LogP contribution in [0, 0.1) is 0 Å². The predicted molar refractivity (Wildman–Crippen MR) is 97.5 cm³/mol. The lowest BCUT2D eigenvalue weighted by Gasteiger charge is -2.06. The first-order valence-electron chi connectivity index (χ1n) is 7.86. The molecule has 0 amide bonds. The lowest BCUT2D eigenvalue weighted by Crippen LogP contribution is -2.07. The molecule has 0 aliphatic rings. The number of aromatic nitrogens is 3. The average Bonchev–Trinajstić information content (AvgIpc) is 3.09. The van der Waals surface area contributed by atoms with Crippen molar-refractivity contribution in [3.05, 3.63) is 72.3 Å². The summed E-state index contributed by atoms with van der Waals surface area (Å²) in [4.78, 5) is 12.0. The summed E-state index contributed by atoms with van der Waals surface area (Å²) in [6.45, 7) is 0.281. The van der Waals surface area contributed by atoms with Crippen LogP contribution in [0.2, 0.25) is 0 Å². The molecular weight excluding hydrogens is 334 g/mol. The number of thioether (sulfide) groups is 1. The average molecular weight is 349 g/mol. The van der Waals surface area contributed by atoms with Gasteiger partial charge in [0, 0.05) is 0 Å². The molecule has 0 aliphatic carbocycles. The molecule has 0 saturated heterocycles. The number of esters is 1. The van der Waals surface area contributed by atoms with Crippen molar-refractivity contribution in [2.24, 2.45) is 0 Å². The van der Waals surface area contributed by atoms with Gasteiger partial charge in [0.05, 0.1) is 11.3 Å². The predicted octanol–water partition coefficient (Wildman–Crippen LogP) is 3.72. The second-order valence-electron chi connectivity index (χ2n) is 5.50. The van der Waals surface area contributed by atoms with Gasteiger partial charge in [0.25, 0.3) is 0 Å². The number of pyridine rings is 1. The van der Waals surface area contributed by atoms with E-state index in [0.717, 1.165) is 22.1 Å². The lowest BCUT2D eigenvalue weighted by atomic mass is 10.2. The molecule has 2 heterocycles. The highest BCUT2D eigenvalue weighted by Gasteiger charge is 2.12. The number of hydrogen-bond acceptors (Lipinski definition) is 5. The van der Waals surface area contributed by atoms with Gasteiger partial charge in [-0.25, -0.2) is 0 Å². The van der Waals surface area contributed by atoms with Crippen LogP contribution in [0.4, 0.5) is 0 Å². The van der Waals surface area contributed by atoms with Gasteiger partial charge in [-0.2, -0.15) is 0 Å². The number of ether oxygens (including phenoxy) is 1. The van der Waals surface area contributed by atoms with E-state index in [2.05, 4.69) is 10.2 Å². The van der Waals surface area contributed by atoms with Gasteiger partial charge >= 0.3 is 5.97 Å². The Hall–Kier alpha value is -2.86. The van der Waals surface area contributed by atoms with Gasteiger partial charge < -0.3 is 4.74 Å². The fourth-order valence-corrected chi connectivity index (χ4v) is 3.36. The van der Waals surface area contributed by atoms with E-state index in [4.69, 9.17) is 4.74 Å². The van der Waals surface area contributed by atoms with Crippen LogP contribution < -0.4 is 0 Å². The van der Waals surface area contributed by atoms with Crippen molar-refractivity contribution in [1.82, 2.24) is 14.6 Å². The van der Waals surface area contributed by atoms with Crippen LogP contribution in [0.15, 0.2) is 71.9 Å². The van der Waals surface area contributed by atoms with Crippen molar-refractivity contribution in [2.45, 2.75) is 11.8 Å². The Morgan fingerprint density at radius 2 is 1.76 bits per heavy atom. The van der Waals surface area contributed by atoms with Crippen LogP contribution in [0.1, 0.15) is 5.56 Å². The van der Waals surface area contributed by atoms with Crippen LogP contribution in [-0.4, -0.2) is 26.3 Å². The Kier molecular flexibility index (Phi) is 4.35. The minimum Gasteiger partial charge on any atom is -0.460 e. The van der Waals surface area contributed by atoms with Crippen LogP contribution in [0.3, 0.4) is 0 Å². The first-order valence-corrected chi connectivity index (χ1v) is 8.85. The van der Waals surface area contributed by atoms with Gasteiger partial charge in [0.2, 0.25) is 0 Å². The monoisotopic (exact) mass is 349 g/mol. The first kappa shape index (κ1) is 15.7. The number of fused-ring (bicyclic) bond motifs is 3. The van der Waals surface area contributed by atoms with E-state index in [-0.39, 0.29) is 18.3 Å². The topological polar surface area (TPSA) is 56.5 Å². The molecule has 124 valence electrons. The van der Waals surface area contributed by atoms with Crippen molar-refractivity contribution in [3.8, 4) is 0 Å². The molecule has 0 fully saturated rings. The van der Waals surface area contributed by atoms with Crippen LogP contribution in [0.5, 0.6) is 0 Å². The summed E-state index contributed by atoms with van der Waals surface area (Å²) >= 11 is 1.33. The number of rotatable bonds is 5. The second-order valence-corrected chi connectivity index (χ2v) is 6.45. The molecule has 4 aromatic rings. The molecule has 0 unspecified atom stereocenters. The highest BCUT2D eigenvalue weighted by Crippen LogP contribution is 2.23. The maximum Gasteiger partial charge on any atom is 0.316 e. The second kappa shape index (κ2) is 6.94. The zero-order valence-corrected chi connectivity index (χ0v) is 14.1. The summed E-state index contributed by atoms with van der Waals surface area (Å²) in [5, 5.41) is 10.2. The molecule has 4 rings (SSSR count). The zero-order valence-electron chi connectivity index (χ0n) is 13.3. The SMILES string of the molecule is O=C(CSc1nnc2ccc3ccccc3n12)OCc1ccccc1. The van der Waals surface area contributed by atoms with Gasteiger partial charge in [-0.3, -0.25) is 9.20 Å². The Morgan fingerprint density at radius 3 is 2.64 bits per heavy atom. The highest BCUT2D eigenvalue weighted by atomic mass is 32.2. The minimum absolute atomic E-state index is 0.191. The fourth-order valence-electron chi connectivity index (χ4n) is 2.61. The van der Waals surface area contributed by atoms with Crippen molar-refractivity contribution in [3.63, 3.8) is 0 Å². The number of carbonyl (C=O) groups excluding carboxylic acids is 1. The van der Waals surface area contributed by atoms with Gasteiger partial charge in [0.15, 0.2) is 10.8 Å². The number of benzene rings is 2. The lowest BCUT2D eigenvalue weighted by molar-refractivity contribution is -0.141. The normalized spacial score (nSPS) is 11.0. The molecule has 6 heteroatoms. The van der Waals surface area contributed by atoms with Crippen molar-refractivity contribution in [2.75, 3.05) is 5.75 Å². The Bertz CT molecular complexity index is 1030. The Balaban J connectivity index is 1.47. The quantitative estimate of drug-likeness (QED) is 0.406. The molecule has 0 bridgehead atoms. The van der Waals surface area contributed by atoms with E-state index >= 15 is 0 Å². The summed E-state index contributed by atoms with van der Waals surface area (Å²) in [5.74, 6) is -0.0811. The van der Waals surface area contributed by atoms with Gasteiger partial charge in [0.1, 0.15) is 6.61 Å². The highest BCUT2D eigenvalue weighted by molar-refractivity contribution is 7.99. The number of carbonyl (C=O) groups is 1. The zero-order chi connectivity index (χ0) is 17.1. The van der Waals surface area contributed by atoms with Gasteiger partial charge in [-0.05, 0) is 29.1 Å². The summed E-state index contributed by atoms with van der Waals surface area (Å²) in [5.41, 5.74) is 2.75. The van der Waals surface area contributed by atoms with Crippen LogP contribution in [0.25, 0.3) is 16.6 Å².